The van der Waals surface area contributed by atoms with Gasteiger partial charge in [-0.15, -0.1) is 0 Å². The number of hydrogen-bond donors (Lipinski definition) is 2. The van der Waals surface area contributed by atoms with Crippen molar-refractivity contribution in [3.8, 4) is 0 Å². The van der Waals surface area contributed by atoms with Gasteiger partial charge in [-0.05, 0) is 6.92 Å². The summed E-state index contributed by atoms with van der Waals surface area (Å²) in [6.07, 6.45) is 9.00. The van der Waals surface area contributed by atoms with E-state index in [1.807, 2.05) is 0 Å². The van der Waals surface area contributed by atoms with Crippen molar-refractivity contribution in [1.82, 2.24) is 0 Å². The summed E-state index contributed by atoms with van der Waals surface area (Å²) >= 11 is 0. The van der Waals surface area contributed by atoms with Crippen LogP contribution in [-0.4, -0.2) is 17.1 Å². The van der Waals surface area contributed by atoms with Gasteiger partial charge >= 0.3 is 5.97 Å². The van der Waals surface area contributed by atoms with E-state index >= 15 is 0 Å². The van der Waals surface area contributed by atoms with E-state index in [1.54, 1.807) is 0 Å². The zero-order valence-electron chi connectivity index (χ0n) is 7.75. The summed E-state index contributed by atoms with van der Waals surface area (Å²) in [5, 5.41) is 7.87. The zero-order valence-corrected chi connectivity index (χ0v) is 7.75. The second kappa shape index (κ2) is 7.10. The summed E-state index contributed by atoms with van der Waals surface area (Å²) in [7, 11) is 0. The quantitative estimate of drug-likeness (QED) is 0.635. The van der Waals surface area contributed by atoms with Crippen molar-refractivity contribution in [2.75, 3.05) is 0 Å². The fraction of sp³-hybridized carbons (Fsp3) is 0.889. The average molecular weight is 173 g/mol. The Bertz CT molecular complexity index is 108. The first-order chi connectivity index (χ1) is 5.64. The first-order valence-electron chi connectivity index (χ1n) is 4.63. The molecule has 3 N–H and O–H groups in total. The Balaban J connectivity index is 0.000000202. The first kappa shape index (κ1) is 11.4. The average Bonchev–Trinajstić information content (AvgIpc) is 2.08. The summed E-state index contributed by atoms with van der Waals surface area (Å²) in [5.74, 6) is -0.963. The molecule has 72 valence electrons. The Kier molecular flexibility index (Phi) is 6.76. The fourth-order valence-corrected chi connectivity index (χ4v) is 1.06. The predicted molar refractivity (Wildman–Crippen MR) is 49.0 cm³/mol. The molecule has 1 fully saturated rings. The van der Waals surface area contributed by atoms with Crippen LogP contribution in [0.4, 0.5) is 0 Å². The molecule has 0 aromatic heterocycles. The summed E-state index contributed by atoms with van der Waals surface area (Å²) in [6, 6.07) is -0.731. The Hall–Kier alpha value is -0.570. The van der Waals surface area contributed by atoms with Crippen LogP contribution in [0.5, 0.6) is 0 Å². The van der Waals surface area contributed by atoms with Crippen LogP contribution < -0.4 is 5.73 Å². The number of rotatable bonds is 1. The third-order valence-corrected chi connectivity index (χ3v) is 1.89. The number of aliphatic carboxylic acids is 1. The Labute approximate surface area is 74.0 Å². The molecule has 0 amide bonds. The fourth-order valence-electron chi connectivity index (χ4n) is 1.06. The van der Waals surface area contributed by atoms with Crippen LogP contribution >= 0.6 is 0 Å². The van der Waals surface area contributed by atoms with E-state index in [1.165, 1.54) is 45.4 Å². The maximum atomic E-state index is 9.57. The van der Waals surface area contributed by atoms with E-state index in [2.05, 4.69) is 0 Å². The minimum absolute atomic E-state index is 0.731. The van der Waals surface area contributed by atoms with Gasteiger partial charge in [-0.3, -0.25) is 4.79 Å². The van der Waals surface area contributed by atoms with E-state index in [4.69, 9.17) is 10.8 Å². The molecule has 0 aromatic rings. The largest absolute Gasteiger partial charge is 0.480 e. The van der Waals surface area contributed by atoms with Gasteiger partial charge in [0.1, 0.15) is 6.04 Å². The molecule has 3 nitrogen and oxygen atoms in total. The van der Waals surface area contributed by atoms with Crippen LogP contribution in [0.1, 0.15) is 45.4 Å². The van der Waals surface area contributed by atoms with Crippen molar-refractivity contribution in [2.24, 2.45) is 5.73 Å². The van der Waals surface area contributed by atoms with E-state index in [-0.39, 0.29) is 0 Å². The van der Waals surface area contributed by atoms with Crippen molar-refractivity contribution in [2.45, 2.75) is 51.5 Å². The van der Waals surface area contributed by atoms with Gasteiger partial charge < -0.3 is 10.8 Å². The van der Waals surface area contributed by atoms with Crippen molar-refractivity contribution in [3.05, 3.63) is 0 Å². The normalized spacial score (nSPS) is 18.8. The van der Waals surface area contributed by atoms with Crippen LogP contribution in [0.3, 0.4) is 0 Å². The molecule has 0 heterocycles. The summed E-state index contributed by atoms with van der Waals surface area (Å²) < 4.78 is 0. The molecule has 0 saturated heterocycles. The molecule has 1 atom stereocenters. The Morgan fingerprint density at radius 1 is 1.17 bits per heavy atom. The minimum Gasteiger partial charge on any atom is -0.480 e. The van der Waals surface area contributed by atoms with Gasteiger partial charge in [0.05, 0.1) is 0 Å². The topological polar surface area (TPSA) is 63.3 Å². The van der Waals surface area contributed by atoms with Crippen LogP contribution in [-0.2, 0) is 4.79 Å². The van der Waals surface area contributed by atoms with Gasteiger partial charge in [-0.1, -0.05) is 38.5 Å². The highest BCUT2D eigenvalue weighted by molar-refractivity contribution is 5.72. The van der Waals surface area contributed by atoms with Gasteiger partial charge in [0.25, 0.3) is 0 Å². The van der Waals surface area contributed by atoms with Crippen molar-refractivity contribution < 1.29 is 9.90 Å². The van der Waals surface area contributed by atoms with Gasteiger partial charge in [-0.2, -0.15) is 0 Å². The highest BCUT2D eigenvalue weighted by Gasteiger charge is 1.99. The third-order valence-electron chi connectivity index (χ3n) is 1.89. The highest BCUT2D eigenvalue weighted by atomic mass is 16.4. The minimum atomic E-state index is -0.963. The maximum Gasteiger partial charge on any atom is 0.320 e. The summed E-state index contributed by atoms with van der Waals surface area (Å²) in [5.41, 5.74) is 4.84. The number of carboxylic acids is 1. The first-order valence-corrected chi connectivity index (χ1v) is 4.63. The van der Waals surface area contributed by atoms with Gasteiger partial charge in [0.2, 0.25) is 0 Å². The van der Waals surface area contributed by atoms with E-state index < -0.39 is 12.0 Å². The zero-order chi connectivity index (χ0) is 9.40. The Morgan fingerprint density at radius 2 is 1.33 bits per heavy atom. The van der Waals surface area contributed by atoms with Crippen LogP contribution in [0, 0.1) is 0 Å². The predicted octanol–water partition coefficient (Wildman–Crippen LogP) is 1.76. The van der Waals surface area contributed by atoms with Gasteiger partial charge in [0.15, 0.2) is 0 Å². The molecule has 0 spiro atoms. The van der Waals surface area contributed by atoms with Crippen LogP contribution in [0.15, 0.2) is 0 Å². The molecule has 3 heteroatoms. The van der Waals surface area contributed by atoms with E-state index in [0.29, 0.717) is 0 Å². The SMILES string of the molecule is C1CCCCC1.C[C@H](N)C(=O)O. The summed E-state index contributed by atoms with van der Waals surface area (Å²) in [6.45, 7) is 1.42. The van der Waals surface area contributed by atoms with Gasteiger partial charge in [0, 0.05) is 0 Å². The second-order valence-corrected chi connectivity index (χ2v) is 3.25. The monoisotopic (exact) mass is 173 g/mol. The lowest BCUT2D eigenvalue weighted by Gasteiger charge is -2.05. The lowest BCUT2D eigenvalue weighted by atomic mass is 10.0. The highest BCUT2D eigenvalue weighted by Crippen LogP contribution is 2.15. The van der Waals surface area contributed by atoms with Crippen molar-refractivity contribution in [3.63, 3.8) is 0 Å². The molecule has 12 heavy (non-hydrogen) atoms. The molecule has 1 saturated carbocycles. The molecule has 0 unspecified atom stereocenters. The number of nitrogens with two attached hydrogens (primary N) is 1. The molecule has 0 aliphatic heterocycles. The standard InChI is InChI=1S/C6H12.C3H7NO2/c1-2-4-6-5-3-1;1-2(4)3(5)6/h1-6H2;2H,4H2,1H3,(H,5,6)/t;2-/m.0/s1. The number of carboxylic acid groups (broad SMARTS) is 1. The van der Waals surface area contributed by atoms with E-state index in [0.717, 1.165) is 0 Å². The summed E-state index contributed by atoms with van der Waals surface area (Å²) in [4.78, 5) is 9.57. The molecular formula is C9H19NO2. The van der Waals surface area contributed by atoms with Crippen molar-refractivity contribution in [1.29, 1.82) is 0 Å². The van der Waals surface area contributed by atoms with E-state index in [9.17, 15) is 4.79 Å². The smallest absolute Gasteiger partial charge is 0.320 e. The third kappa shape index (κ3) is 7.54. The number of carbonyl (C=O) groups is 1. The van der Waals surface area contributed by atoms with Crippen LogP contribution in [0.2, 0.25) is 0 Å². The number of hydrogen-bond acceptors (Lipinski definition) is 2. The molecule has 0 bridgehead atoms. The van der Waals surface area contributed by atoms with Gasteiger partial charge in [-0.25, -0.2) is 0 Å². The second-order valence-electron chi connectivity index (χ2n) is 3.25. The lowest BCUT2D eigenvalue weighted by molar-refractivity contribution is -0.138. The molecule has 0 aromatic carbocycles. The maximum absolute atomic E-state index is 9.57. The molecule has 1 aliphatic carbocycles. The Morgan fingerprint density at radius 3 is 1.42 bits per heavy atom. The van der Waals surface area contributed by atoms with Crippen molar-refractivity contribution >= 4 is 5.97 Å². The lowest BCUT2D eigenvalue weighted by Crippen LogP contribution is -2.25. The molecule has 0 radical (unpaired) electrons. The molecule has 1 rings (SSSR count). The molecule has 1 aliphatic rings. The molecular weight excluding hydrogens is 154 g/mol. The van der Waals surface area contributed by atoms with Crippen LogP contribution in [0.25, 0.3) is 0 Å².